The smallest absolute Gasteiger partial charge is 0.181 e. The highest BCUT2D eigenvalue weighted by Gasteiger charge is 2.03. The molecule has 2 rings (SSSR count). The molecule has 4 heteroatoms. The van der Waals surface area contributed by atoms with E-state index in [9.17, 15) is 0 Å². The maximum absolute atomic E-state index is 5.66. The van der Waals surface area contributed by atoms with Gasteiger partial charge in [-0.25, -0.2) is 4.98 Å². The fourth-order valence-corrected chi connectivity index (χ4v) is 2.15. The van der Waals surface area contributed by atoms with Crippen molar-refractivity contribution in [2.24, 2.45) is 0 Å². The van der Waals surface area contributed by atoms with Gasteiger partial charge in [0.1, 0.15) is 0 Å². The predicted molar refractivity (Wildman–Crippen MR) is 69.4 cm³/mol. The monoisotopic (exact) mass is 234 g/mol. The van der Waals surface area contributed by atoms with Crippen LogP contribution in [0.5, 0.6) is 0 Å². The lowest BCUT2D eigenvalue weighted by Crippen LogP contribution is -1.82. The van der Waals surface area contributed by atoms with Gasteiger partial charge in [0, 0.05) is 12.2 Å². The molecule has 1 aromatic heterocycles. The van der Waals surface area contributed by atoms with E-state index in [-0.39, 0.29) is 0 Å². The SMILES string of the molecule is Nc1nc2c(C#CCCS)cccc2s1. The van der Waals surface area contributed by atoms with Gasteiger partial charge >= 0.3 is 0 Å². The molecule has 0 radical (unpaired) electrons. The van der Waals surface area contributed by atoms with Crippen LogP contribution in [0.25, 0.3) is 10.2 Å². The van der Waals surface area contributed by atoms with Crippen LogP contribution in [0.2, 0.25) is 0 Å². The Hall–Kier alpha value is -1.18. The van der Waals surface area contributed by atoms with Crippen molar-refractivity contribution in [3.63, 3.8) is 0 Å². The topological polar surface area (TPSA) is 38.9 Å². The van der Waals surface area contributed by atoms with Gasteiger partial charge in [0.05, 0.1) is 15.8 Å². The summed E-state index contributed by atoms with van der Waals surface area (Å²) < 4.78 is 1.09. The first kappa shape index (κ1) is 10.3. The molecule has 0 aliphatic heterocycles. The second-order valence-electron chi connectivity index (χ2n) is 2.98. The Balaban J connectivity index is 2.47. The minimum atomic E-state index is 0.591. The number of anilines is 1. The fraction of sp³-hybridized carbons (Fsp3) is 0.182. The minimum Gasteiger partial charge on any atom is -0.375 e. The Morgan fingerprint density at radius 2 is 2.33 bits per heavy atom. The normalized spacial score (nSPS) is 9.93. The van der Waals surface area contributed by atoms with Gasteiger partial charge < -0.3 is 5.73 Å². The maximum atomic E-state index is 5.66. The molecule has 1 heterocycles. The molecule has 76 valence electrons. The van der Waals surface area contributed by atoms with Crippen LogP contribution in [0, 0.1) is 11.8 Å². The van der Waals surface area contributed by atoms with Gasteiger partial charge in [-0.3, -0.25) is 0 Å². The third kappa shape index (κ3) is 2.25. The number of hydrogen-bond acceptors (Lipinski definition) is 4. The van der Waals surface area contributed by atoms with E-state index >= 15 is 0 Å². The number of rotatable bonds is 1. The van der Waals surface area contributed by atoms with Crippen LogP contribution < -0.4 is 5.73 Å². The number of thiol groups is 1. The molecule has 0 aliphatic carbocycles. The van der Waals surface area contributed by atoms with Crippen LogP contribution in [0.1, 0.15) is 12.0 Å². The summed E-state index contributed by atoms with van der Waals surface area (Å²) in [7, 11) is 0. The Labute approximate surface area is 97.9 Å². The number of thiazole rings is 1. The molecule has 1 aromatic carbocycles. The average molecular weight is 234 g/mol. The molecule has 0 bridgehead atoms. The van der Waals surface area contributed by atoms with Crippen molar-refractivity contribution in [1.82, 2.24) is 4.98 Å². The van der Waals surface area contributed by atoms with Crippen molar-refractivity contribution in [2.45, 2.75) is 6.42 Å². The molecule has 0 fully saturated rings. The zero-order chi connectivity index (χ0) is 10.7. The quantitative estimate of drug-likeness (QED) is 0.588. The van der Waals surface area contributed by atoms with Crippen molar-refractivity contribution >= 4 is 39.3 Å². The number of benzene rings is 1. The van der Waals surface area contributed by atoms with E-state index in [1.807, 2.05) is 18.2 Å². The van der Waals surface area contributed by atoms with Crippen molar-refractivity contribution in [3.05, 3.63) is 23.8 Å². The summed E-state index contributed by atoms with van der Waals surface area (Å²) in [5.41, 5.74) is 7.52. The van der Waals surface area contributed by atoms with Crippen LogP contribution in [0.4, 0.5) is 5.13 Å². The molecule has 0 unspecified atom stereocenters. The molecular weight excluding hydrogens is 224 g/mol. The van der Waals surface area contributed by atoms with Crippen molar-refractivity contribution < 1.29 is 0 Å². The largest absolute Gasteiger partial charge is 0.375 e. The number of hydrogen-bond donors (Lipinski definition) is 2. The molecular formula is C11H10N2S2. The Bertz CT molecular complexity index is 534. The number of fused-ring (bicyclic) bond motifs is 1. The third-order valence-electron chi connectivity index (χ3n) is 1.90. The Morgan fingerprint density at radius 3 is 3.13 bits per heavy atom. The average Bonchev–Trinajstić information content (AvgIpc) is 2.59. The zero-order valence-electron chi connectivity index (χ0n) is 8.03. The van der Waals surface area contributed by atoms with E-state index < -0.39 is 0 Å². The summed E-state index contributed by atoms with van der Waals surface area (Å²) in [6, 6.07) is 5.95. The Kier molecular flexibility index (Phi) is 3.14. The summed E-state index contributed by atoms with van der Waals surface area (Å²) in [6.07, 6.45) is 0.791. The molecule has 0 amide bonds. The second-order valence-corrected chi connectivity index (χ2v) is 4.49. The molecule has 0 aliphatic rings. The van der Waals surface area contributed by atoms with E-state index in [0.29, 0.717) is 5.13 Å². The van der Waals surface area contributed by atoms with E-state index in [1.54, 1.807) is 0 Å². The van der Waals surface area contributed by atoms with E-state index in [4.69, 9.17) is 5.73 Å². The molecule has 2 N–H and O–H groups in total. The number of nitrogens with two attached hydrogens (primary N) is 1. The number of para-hydroxylation sites is 1. The van der Waals surface area contributed by atoms with Gasteiger partial charge in [-0.05, 0) is 12.1 Å². The van der Waals surface area contributed by atoms with Crippen LogP contribution in [0.3, 0.4) is 0 Å². The first-order valence-electron chi connectivity index (χ1n) is 4.56. The van der Waals surface area contributed by atoms with Gasteiger partial charge in [0.25, 0.3) is 0 Å². The summed E-state index contributed by atoms with van der Waals surface area (Å²) in [4.78, 5) is 4.27. The summed E-state index contributed by atoms with van der Waals surface area (Å²) in [6.45, 7) is 0. The van der Waals surface area contributed by atoms with Gasteiger partial charge in [-0.15, -0.1) is 0 Å². The molecule has 2 aromatic rings. The predicted octanol–water partition coefficient (Wildman–Crippen LogP) is 2.55. The molecule has 0 atom stereocenters. The fourth-order valence-electron chi connectivity index (χ4n) is 1.28. The molecule has 2 nitrogen and oxygen atoms in total. The highest BCUT2D eigenvalue weighted by atomic mass is 32.1. The molecule has 0 spiro atoms. The summed E-state index contributed by atoms with van der Waals surface area (Å²) in [5.74, 6) is 6.92. The van der Waals surface area contributed by atoms with Crippen LogP contribution in [-0.4, -0.2) is 10.7 Å². The summed E-state index contributed by atoms with van der Waals surface area (Å²) in [5, 5.41) is 0.591. The van der Waals surface area contributed by atoms with Crippen molar-refractivity contribution in [2.75, 3.05) is 11.5 Å². The van der Waals surface area contributed by atoms with Crippen LogP contribution in [-0.2, 0) is 0 Å². The molecule has 0 saturated carbocycles. The van der Waals surface area contributed by atoms with E-state index in [2.05, 4.69) is 29.5 Å². The molecule has 15 heavy (non-hydrogen) atoms. The first-order valence-corrected chi connectivity index (χ1v) is 6.01. The lowest BCUT2D eigenvalue weighted by molar-refractivity contribution is 1.31. The van der Waals surface area contributed by atoms with Gasteiger partial charge in [0.2, 0.25) is 0 Å². The number of nitrogens with zero attached hydrogens (tertiary/aromatic N) is 1. The van der Waals surface area contributed by atoms with Crippen molar-refractivity contribution in [1.29, 1.82) is 0 Å². The zero-order valence-corrected chi connectivity index (χ0v) is 9.74. The van der Waals surface area contributed by atoms with E-state index in [1.165, 1.54) is 11.3 Å². The second kappa shape index (κ2) is 4.56. The third-order valence-corrected chi connectivity index (χ3v) is 2.97. The van der Waals surface area contributed by atoms with E-state index in [0.717, 1.165) is 28.0 Å². The number of nitrogen functional groups attached to an aromatic ring is 1. The lowest BCUT2D eigenvalue weighted by Gasteiger charge is -1.90. The first-order chi connectivity index (χ1) is 7.31. The Morgan fingerprint density at radius 1 is 1.47 bits per heavy atom. The maximum Gasteiger partial charge on any atom is 0.181 e. The van der Waals surface area contributed by atoms with Gasteiger partial charge in [-0.2, -0.15) is 12.6 Å². The van der Waals surface area contributed by atoms with Gasteiger partial charge in [0.15, 0.2) is 5.13 Å². The highest BCUT2D eigenvalue weighted by Crippen LogP contribution is 2.25. The summed E-state index contributed by atoms with van der Waals surface area (Å²) >= 11 is 5.60. The minimum absolute atomic E-state index is 0.591. The standard InChI is InChI=1S/C11H10N2S2/c12-11-13-10-8(4-1-2-7-14)5-3-6-9(10)15-11/h3,5-6,14H,2,7H2,(H2,12,13). The van der Waals surface area contributed by atoms with Gasteiger partial charge in [-0.1, -0.05) is 29.2 Å². The van der Waals surface area contributed by atoms with Crippen molar-refractivity contribution in [3.8, 4) is 11.8 Å². The number of aromatic nitrogens is 1. The van der Waals surface area contributed by atoms with Crippen LogP contribution >= 0.6 is 24.0 Å². The highest BCUT2D eigenvalue weighted by molar-refractivity contribution is 7.80. The lowest BCUT2D eigenvalue weighted by atomic mass is 10.2. The molecule has 0 saturated heterocycles. The van der Waals surface area contributed by atoms with Crippen LogP contribution in [0.15, 0.2) is 18.2 Å².